The van der Waals surface area contributed by atoms with Gasteiger partial charge in [0, 0.05) is 32.6 Å². The summed E-state index contributed by atoms with van der Waals surface area (Å²) in [5.74, 6) is 0.0969. The first-order valence-corrected chi connectivity index (χ1v) is 10.7. The van der Waals surface area contributed by atoms with Crippen LogP contribution < -0.4 is 20.8 Å². The number of hydrogen-bond donors (Lipinski definition) is 2. The molecule has 0 radical (unpaired) electrons. The first kappa shape index (κ1) is 25.1. The van der Waals surface area contributed by atoms with Crippen molar-refractivity contribution in [3.05, 3.63) is 63.6 Å². The number of aryl methyl sites for hydroxylation is 1. The van der Waals surface area contributed by atoms with Crippen LogP contribution in [0.2, 0.25) is 0 Å². The lowest BCUT2D eigenvalue weighted by Gasteiger charge is -2.17. The average molecular weight is 444 g/mol. The summed E-state index contributed by atoms with van der Waals surface area (Å²) in [7, 11) is 3.11. The molecule has 2 amide bonds. The van der Waals surface area contributed by atoms with Crippen molar-refractivity contribution in [2.45, 2.75) is 39.8 Å². The number of rotatable bonds is 11. The molecule has 0 unspecified atom stereocenters. The molecule has 0 aliphatic rings. The lowest BCUT2D eigenvalue weighted by molar-refractivity contribution is 0.0934. The third-order valence-electron chi connectivity index (χ3n) is 5.09. The summed E-state index contributed by atoms with van der Waals surface area (Å²) in [6, 6.07) is 6.98. The van der Waals surface area contributed by atoms with E-state index in [0.717, 1.165) is 12.0 Å². The van der Waals surface area contributed by atoms with E-state index in [-0.39, 0.29) is 23.7 Å². The van der Waals surface area contributed by atoms with Gasteiger partial charge in [-0.3, -0.25) is 14.4 Å². The summed E-state index contributed by atoms with van der Waals surface area (Å²) in [5, 5.41) is 5.51. The summed E-state index contributed by atoms with van der Waals surface area (Å²) >= 11 is 0. The highest BCUT2D eigenvalue weighted by Crippen LogP contribution is 2.17. The van der Waals surface area contributed by atoms with Gasteiger partial charge in [-0.15, -0.1) is 0 Å². The highest BCUT2D eigenvalue weighted by atomic mass is 16.5. The Labute approximate surface area is 188 Å². The molecule has 0 aliphatic heterocycles. The number of ether oxygens (including phenoxy) is 2. The molecular weight excluding hydrogens is 410 g/mol. The van der Waals surface area contributed by atoms with Gasteiger partial charge in [0.05, 0.1) is 19.8 Å². The molecule has 0 aliphatic carbocycles. The zero-order chi connectivity index (χ0) is 23.7. The minimum absolute atomic E-state index is 0.0605. The van der Waals surface area contributed by atoms with Gasteiger partial charge >= 0.3 is 0 Å². The normalized spacial score (nSPS) is 11.8. The molecule has 1 heterocycles. The van der Waals surface area contributed by atoms with Crippen LogP contribution in [0.1, 0.15) is 59.5 Å². The molecular formula is C24H33N3O5. The van der Waals surface area contributed by atoms with Crippen molar-refractivity contribution in [1.29, 1.82) is 0 Å². The Kier molecular flexibility index (Phi) is 9.46. The van der Waals surface area contributed by atoms with Crippen molar-refractivity contribution < 1.29 is 19.1 Å². The van der Waals surface area contributed by atoms with Crippen LogP contribution in [0.5, 0.6) is 5.75 Å². The van der Waals surface area contributed by atoms with Crippen molar-refractivity contribution in [1.82, 2.24) is 15.2 Å². The molecule has 2 rings (SSSR count). The van der Waals surface area contributed by atoms with Crippen LogP contribution >= 0.6 is 0 Å². The molecule has 1 aromatic heterocycles. The van der Waals surface area contributed by atoms with E-state index in [9.17, 15) is 14.4 Å². The van der Waals surface area contributed by atoms with Gasteiger partial charge in [-0.25, -0.2) is 0 Å². The number of methoxy groups -OCH3 is 2. The van der Waals surface area contributed by atoms with Crippen LogP contribution in [-0.4, -0.2) is 43.8 Å². The number of amides is 2. The van der Waals surface area contributed by atoms with Gasteiger partial charge in [0.25, 0.3) is 11.8 Å². The standard InChI is InChI=1S/C24H33N3O5/c1-16(2)10-12-27-14-20(23(29)25-11-13-31-4)22(28)21(15-27)24(30)26-17(3)18-6-8-19(32-5)9-7-18/h6-9,14-17H,10-13H2,1-5H3,(H,25,29)(H,26,30)/t17-/m1/s1. The quantitative estimate of drug-likeness (QED) is 0.521. The van der Waals surface area contributed by atoms with Gasteiger partial charge in [0.15, 0.2) is 0 Å². The zero-order valence-corrected chi connectivity index (χ0v) is 19.4. The lowest BCUT2D eigenvalue weighted by Crippen LogP contribution is -2.37. The Hall–Kier alpha value is -3.13. The molecule has 32 heavy (non-hydrogen) atoms. The third kappa shape index (κ3) is 6.95. The number of aromatic nitrogens is 1. The second-order valence-electron chi connectivity index (χ2n) is 8.05. The first-order chi connectivity index (χ1) is 15.3. The van der Waals surface area contributed by atoms with E-state index in [1.807, 2.05) is 31.2 Å². The molecule has 1 aromatic carbocycles. The zero-order valence-electron chi connectivity index (χ0n) is 19.4. The molecule has 0 fully saturated rings. The fraction of sp³-hybridized carbons (Fsp3) is 0.458. The van der Waals surface area contributed by atoms with Crippen LogP contribution in [0.3, 0.4) is 0 Å². The topological polar surface area (TPSA) is 98.7 Å². The molecule has 8 heteroatoms. The van der Waals surface area contributed by atoms with E-state index in [1.165, 1.54) is 19.5 Å². The largest absolute Gasteiger partial charge is 0.497 e. The Morgan fingerprint density at radius 1 is 1.00 bits per heavy atom. The van der Waals surface area contributed by atoms with Crippen LogP contribution in [0.4, 0.5) is 0 Å². The Morgan fingerprint density at radius 2 is 1.62 bits per heavy atom. The summed E-state index contributed by atoms with van der Waals surface area (Å²) in [5.41, 5.74) is 0.149. The Bertz CT molecular complexity index is 967. The summed E-state index contributed by atoms with van der Waals surface area (Å²) < 4.78 is 11.8. The van der Waals surface area contributed by atoms with Gasteiger partial charge in [-0.1, -0.05) is 26.0 Å². The highest BCUT2D eigenvalue weighted by Gasteiger charge is 2.21. The summed E-state index contributed by atoms with van der Waals surface area (Å²) in [4.78, 5) is 38.6. The molecule has 8 nitrogen and oxygen atoms in total. The number of carbonyl (C=O) groups is 2. The number of nitrogens with one attached hydrogen (secondary N) is 2. The van der Waals surface area contributed by atoms with Gasteiger partial charge in [0.1, 0.15) is 16.9 Å². The molecule has 0 saturated carbocycles. The van der Waals surface area contributed by atoms with Gasteiger partial charge in [-0.2, -0.15) is 0 Å². The number of pyridine rings is 1. The smallest absolute Gasteiger partial charge is 0.257 e. The van der Waals surface area contributed by atoms with E-state index >= 15 is 0 Å². The SMILES string of the molecule is COCCNC(=O)c1cn(CCC(C)C)cc(C(=O)N[C@H](C)c2ccc(OC)cc2)c1=O. The maximum atomic E-state index is 13.0. The number of hydrogen-bond acceptors (Lipinski definition) is 5. The molecule has 1 atom stereocenters. The van der Waals surface area contributed by atoms with Crippen LogP contribution in [0.25, 0.3) is 0 Å². The molecule has 0 bridgehead atoms. The number of nitrogens with zero attached hydrogens (tertiary/aromatic N) is 1. The van der Waals surface area contributed by atoms with Crippen LogP contribution in [-0.2, 0) is 11.3 Å². The lowest BCUT2D eigenvalue weighted by atomic mass is 10.1. The molecule has 0 saturated heterocycles. The maximum absolute atomic E-state index is 13.0. The molecule has 0 spiro atoms. The van der Waals surface area contributed by atoms with Crippen molar-refractivity contribution in [3.63, 3.8) is 0 Å². The van der Waals surface area contributed by atoms with Crippen LogP contribution in [0, 0.1) is 5.92 Å². The van der Waals surface area contributed by atoms with Crippen LogP contribution in [0.15, 0.2) is 41.5 Å². The molecule has 2 aromatic rings. The molecule has 2 N–H and O–H groups in total. The minimum Gasteiger partial charge on any atom is -0.497 e. The van der Waals surface area contributed by atoms with E-state index in [1.54, 1.807) is 11.7 Å². The predicted octanol–water partition coefficient (Wildman–Crippen LogP) is 2.77. The van der Waals surface area contributed by atoms with Gasteiger partial charge in [-0.05, 0) is 37.0 Å². The van der Waals surface area contributed by atoms with Gasteiger partial charge in [0.2, 0.25) is 5.43 Å². The monoisotopic (exact) mass is 443 g/mol. The summed E-state index contributed by atoms with van der Waals surface area (Å²) in [6.07, 6.45) is 3.88. The Morgan fingerprint density at radius 3 is 2.19 bits per heavy atom. The van der Waals surface area contributed by atoms with Crippen molar-refractivity contribution in [2.75, 3.05) is 27.4 Å². The maximum Gasteiger partial charge on any atom is 0.257 e. The van der Waals surface area contributed by atoms with E-state index in [2.05, 4.69) is 24.5 Å². The summed E-state index contributed by atoms with van der Waals surface area (Å²) in [6.45, 7) is 7.19. The fourth-order valence-corrected chi connectivity index (χ4v) is 3.10. The second kappa shape index (κ2) is 12.0. The van der Waals surface area contributed by atoms with E-state index in [0.29, 0.717) is 24.8 Å². The minimum atomic E-state index is -0.597. The van der Waals surface area contributed by atoms with Crippen molar-refractivity contribution in [2.24, 2.45) is 5.92 Å². The number of carbonyl (C=O) groups excluding carboxylic acids is 2. The Balaban J connectivity index is 2.30. The predicted molar refractivity (Wildman–Crippen MR) is 123 cm³/mol. The van der Waals surface area contributed by atoms with Crippen molar-refractivity contribution in [3.8, 4) is 5.75 Å². The first-order valence-electron chi connectivity index (χ1n) is 10.7. The number of benzene rings is 1. The van der Waals surface area contributed by atoms with E-state index < -0.39 is 17.2 Å². The van der Waals surface area contributed by atoms with Gasteiger partial charge < -0.3 is 24.7 Å². The van der Waals surface area contributed by atoms with E-state index in [4.69, 9.17) is 9.47 Å². The fourth-order valence-electron chi connectivity index (χ4n) is 3.10. The van der Waals surface area contributed by atoms with Crippen molar-refractivity contribution >= 4 is 11.8 Å². The second-order valence-corrected chi connectivity index (χ2v) is 8.05. The average Bonchev–Trinajstić information content (AvgIpc) is 2.78. The highest BCUT2D eigenvalue weighted by molar-refractivity contribution is 5.99. The third-order valence-corrected chi connectivity index (χ3v) is 5.09. The molecule has 174 valence electrons.